The molecule has 0 unspecified atom stereocenters. The molecule has 0 radical (unpaired) electrons. The first-order valence-corrected chi connectivity index (χ1v) is 9.46. The molecule has 2 N–H and O–H groups in total. The van der Waals surface area contributed by atoms with E-state index >= 15 is 0 Å². The number of phenols is 1. The molecular weight excluding hydrogens is 378 g/mol. The van der Waals surface area contributed by atoms with Crippen LogP contribution in [0.1, 0.15) is 28.4 Å². The molecule has 3 rings (SSSR count). The standard InChI is InChI=1S/C19H19N5O3S/c1-11-4-6-15(8-12(11)2)24-19(21-22-23-24)28-10-18(27)14-5-7-17(26)16(9-14)20-13(3)25/h4-9,26H,10H2,1-3H3,(H,20,25). The molecule has 0 saturated heterocycles. The number of ketones is 1. The summed E-state index contributed by atoms with van der Waals surface area (Å²) in [5, 5.41) is 24.5. The van der Waals surface area contributed by atoms with E-state index in [2.05, 4.69) is 20.8 Å². The minimum atomic E-state index is -0.332. The molecule has 1 amide bonds. The Bertz CT molecular complexity index is 1050. The van der Waals surface area contributed by atoms with Crippen molar-refractivity contribution in [2.24, 2.45) is 0 Å². The van der Waals surface area contributed by atoms with Crippen LogP contribution in [0.25, 0.3) is 5.69 Å². The molecule has 28 heavy (non-hydrogen) atoms. The third kappa shape index (κ3) is 4.37. The van der Waals surface area contributed by atoms with Gasteiger partial charge in [-0.05, 0) is 65.7 Å². The molecule has 9 heteroatoms. The number of Topliss-reactive ketones (excluding diaryl/α,β-unsaturated/α-hetero) is 1. The number of hydrogen-bond donors (Lipinski definition) is 2. The lowest BCUT2D eigenvalue weighted by Gasteiger charge is -2.08. The Morgan fingerprint density at radius 1 is 1.14 bits per heavy atom. The molecule has 0 fully saturated rings. The molecule has 2 aromatic carbocycles. The lowest BCUT2D eigenvalue weighted by molar-refractivity contribution is -0.114. The van der Waals surface area contributed by atoms with Gasteiger partial charge in [-0.1, -0.05) is 17.8 Å². The van der Waals surface area contributed by atoms with E-state index in [1.165, 1.54) is 42.4 Å². The van der Waals surface area contributed by atoms with Gasteiger partial charge in [0.15, 0.2) is 5.78 Å². The summed E-state index contributed by atoms with van der Waals surface area (Å²) in [5.74, 6) is -0.499. The maximum Gasteiger partial charge on any atom is 0.221 e. The Morgan fingerprint density at radius 2 is 1.93 bits per heavy atom. The number of tetrazole rings is 1. The van der Waals surface area contributed by atoms with Crippen LogP contribution in [0.3, 0.4) is 0 Å². The highest BCUT2D eigenvalue weighted by atomic mass is 32.2. The number of nitrogens with one attached hydrogen (secondary N) is 1. The first-order chi connectivity index (χ1) is 13.3. The van der Waals surface area contributed by atoms with Crippen molar-refractivity contribution in [2.45, 2.75) is 25.9 Å². The maximum atomic E-state index is 12.5. The van der Waals surface area contributed by atoms with Crippen LogP contribution >= 0.6 is 11.8 Å². The molecule has 1 aromatic heterocycles. The van der Waals surface area contributed by atoms with Crippen LogP contribution in [-0.4, -0.2) is 42.8 Å². The predicted molar refractivity (Wildman–Crippen MR) is 106 cm³/mol. The van der Waals surface area contributed by atoms with Crippen molar-refractivity contribution in [2.75, 3.05) is 11.1 Å². The van der Waals surface area contributed by atoms with E-state index in [1.807, 2.05) is 32.0 Å². The second-order valence-corrected chi connectivity index (χ2v) is 7.21. The largest absolute Gasteiger partial charge is 0.506 e. The number of aromatic hydroxyl groups is 1. The summed E-state index contributed by atoms with van der Waals surface area (Å²) in [6, 6.07) is 10.2. The van der Waals surface area contributed by atoms with Crippen molar-refractivity contribution in [1.82, 2.24) is 20.2 Å². The number of amides is 1. The fourth-order valence-corrected chi connectivity index (χ4v) is 3.29. The minimum Gasteiger partial charge on any atom is -0.506 e. The third-order valence-electron chi connectivity index (χ3n) is 4.14. The molecule has 0 spiro atoms. The molecule has 144 valence electrons. The zero-order valence-corrected chi connectivity index (χ0v) is 16.4. The van der Waals surface area contributed by atoms with E-state index in [-0.39, 0.29) is 28.9 Å². The van der Waals surface area contributed by atoms with Crippen LogP contribution in [0.4, 0.5) is 5.69 Å². The average molecular weight is 397 g/mol. The molecular formula is C19H19N5O3S. The molecule has 0 aliphatic rings. The van der Waals surface area contributed by atoms with Crippen LogP contribution in [0.5, 0.6) is 5.75 Å². The number of phenolic OH excluding ortho intramolecular Hbond substituents is 1. The monoisotopic (exact) mass is 397 g/mol. The maximum absolute atomic E-state index is 12.5. The second kappa shape index (κ2) is 8.22. The quantitative estimate of drug-likeness (QED) is 0.374. The number of thioether (sulfide) groups is 1. The van der Waals surface area contributed by atoms with Gasteiger partial charge in [-0.2, -0.15) is 4.68 Å². The van der Waals surface area contributed by atoms with Crippen LogP contribution in [0.2, 0.25) is 0 Å². The Labute approximate surface area is 166 Å². The fourth-order valence-electron chi connectivity index (χ4n) is 2.50. The van der Waals surface area contributed by atoms with E-state index < -0.39 is 0 Å². The molecule has 0 atom stereocenters. The summed E-state index contributed by atoms with van der Waals surface area (Å²) in [4.78, 5) is 23.8. The van der Waals surface area contributed by atoms with Gasteiger partial charge < -0.3 is 10.4 Å². The molecule has 0 aliphatic heterocycles. The number of rotatable bonds is 6. The summed E-state index contributed by atoms with van der Waals surface area (Å²) in [6.07, 6.45) is 0. The van der Waals surface area contributed by atoms with E-state index in [1.54, 1.807) is 4.68 Å². The van der Waals surface area contributed by atoms with Crippen molar-refractivity contribution in [1.29, 1.82) is 0 Å². The van der Waals surface area contributed by atoms with E-state index in [9.17, 15) is 14.7 Å². The number of carbonyl (C=O) groups excluding carboxylic acids is 2. The minimum absolute atomic E-state index is 0.0990. The van der Waals surface area contributed by atoms with Gasteiger partial charge in [0, 0.05) is 12.5 Å². The van der Waals surface area contributed by atoms with E-state index in [0.717, 1.165) is 11.3 Å². The predicted octanol–water partition coefficient (Wildman–Crippen LogP) is 2.92. The number of anilines is 1. The Kier molecular flexibility index (Phi) is 5.74. The zero-order valence-electron chi connectivity index (χ0n) is 15.6. The first kappa shape index (κ1) is 19.6. The van der Waals surface area contributed by atoms with Crippen molar-refractivity contribution >= 4 is 29.1 Å². The molecule has 3 aromatic rings. The number of benzene rings is 2. The van der Waals surface area contributed by atoms with Gasteiger partial charge in [-0.15, -0.1) is 5.10 Å². The van der Waals surface area contributed by atoms with Gasteiger partial charge in [-0.25, -0.2) is 0 Å². The number of hydrogen-bond acceptors (Lipinski definition) is 7. The van der Waals surface area contributed by atoms with E-state index in [0.29, 0.717) is 10.7 Å². The molecule has 0 bridgehead atoms. The van der Waals surface area contributed by atoms with Gasteiger partial charge in [0.2, 0.25) is 11.1 Å². The SMILES string of the molecule is CC(=O)Nc1cc(C(=O)CSc2nnnn2-c2ccc(C)c(C)c2)ccc1O. The van der Waals surface area contributed by atoms with Gasteiger partial charge in [0.25, 0.3) is 0 Å². The number of aryl methyl sites for hydroxylation is 2. The lowest BCUT2D eigenvalue weighted by Crippen LogP contribution is -2.09. The van der Waals surface area contributed by atoms with Gasteiger partial charge in [-0.3, -0.25) is 9.59 Å². The van der Waals surface area contributed by atoms with Crippen molar-refractivity contribution < 1.29 is 14.7 Å². The molecule has 0 saturated carbocycles. The highest BCUT2D eigenvalue weighted by Gasteiger charge is 2.15. The number of carbonyl (C=O) groups is 2. The van der Waals surface area contributed by atoms with E-state index in [4.69, 9.17) is 0 Å². The van der Waals surface area contributed by atoms with Crippen LogP contribution in [0, 0.1) is 13.8 Å². The summed E-state index contributed by atoms with van der Waals surface area (Å²) in [6.45, 7) is 5.37. The average Bonchev–Trinajstić information content (AvgIpc) is 3.12. The molecule has 0 aliphatic carbocycles. The van der Waals surface area contributed by atoms with Crippen molar-refractivity contribution in [3.05, 3.63) is 53.1 Å². The second-order valence-electron chi connectivity index (χ2n) is 6.27. The highest BCUT2D eigenvalue weighted by molar-refractivity contribution is 7.99. The Morgan fingerprint density at radius 3 is 2.64 bits per heavy atom. The topological polar surface area (TPSA) is 110 Å². The first-order valence-electron chi connectivity index (χ1n) is 8.48. The molecule has 1 heterocycles. The van der Waals surface area contributed by atoms with Crippen molar-refractivity contribution in [3.63, 3.8) is 0 Å². The summed E-state index contributed by atoms with van der Waals surface area (Å²) < 4.78 is 1.59. The van der Waals surface area contributed by atoms with Gasteiger partial charge in [0.1, 0.15) is 5.75 Å². The zero-order chi connectivity index (χ0) is 20.3. The summed E-state index contributed by atoms with van der Waals surface area (Å²) in [5.41, 5.74) is 3.68. The fraction of sp³-hybridized carbons (Fsp3) is 0.211. The number of aromatic nitrogens is 4. The smallest absolute Gasteiger partial charge is 0.221 e. The Hall–Kier alpha value is -3.20. The number of nitrogens with zero attached hydrogens (tertiary/aromatic N) is 4. The van der Waals surface area contributed by atoms with Gasteiger partial charge >= 0.3 is 0 Å². The lowest BCUT2D eigenvalue weighted by atomic mass is 10.1. The summed E-state index contributed by atoms with van der Waals surface area (Å²) >= 11 is 1.21. The highest BCUT2D eigenvalue weighted by Crippen LogP contribution is 2.26. The van der Waals surface area contributed by atoms with Crippen LogP contribution in [0.15, 0.2) is 41.6 Å². The van der Waals surface area contributed by atoms with Gasteiger partial charge in [0.05, 0.1) is 17.1 Å². The third-order valence-corrected chi connectivity index (χ3v) is 5.06. The van der Waals surface area contributed by atoms with Crippen LogP contribution < -0.4 is 5.32 Å². The van der Waals surface area contributed by atoms with Crippen LogP contribution in [-0.2, 0) is 4.79 Å². The normalized spacial score (nSPS) is 10.7. The van der Waals surface area contributed by atoms with Crippen molar-refractivity contribution in [3.8, 4) is 11.4 Å². The Balaban J connectivity index is 1.75. The molecule has 8 nitrogen and oxygen atoms in total. The summed E-state index contributed by atoms with van der Waals surface area (Å²) in [7, 11) is 0.